The van der Waals surface area contributed by atoms with E-state index in [9.17, 15) is 14.3 Å². The van der Waals surface area contributed by atoms with Crippen molar-refractivity contribution >= 4 is 27.5 Å². The van der Waals surface area contributed by atoms with Crippen LogP contribution in [0.25, 0.3) is 0 Å². The van der Waals surface area contributed by atoms with Crippen LogP contribution in [0.2, 0.25) is 0 Å². The lowest BCUT2D eigenvalue weighted by Gasteiger charge is -2.12. The maximum atomic E-state index is 13.7. The van der Waals surface area contributed by atoms with E-state index in [1.165, 1.54) is 12.1 Å². The Hall–Kier alpha value is -1.14. The van der Waals surface area contributed by atoms with E-state index in [4.69, 9.17) is 4.74 Å². The van der Waals surface area contributed by atoms with Crippen LogP contribution in [0.1, 0.15) is 13.3 Å². The molecule has 0 saturated carbocycles. The van der Waals surface area contributed by atoms with Crippen LogP contribution < -0.4 is 5.32 Å². The fourth-order valence-corrected chi connectivity index (χ4v) is 2.21. The fraction of sp³-hybridized carbons (Fsp3) is 0.417. The molecule has 1 amide bonds. The normalized spacial score (nSPS) is 23.1. The molecular weight excluding hydrogens is 305 g/mol. The molecule has 6 heteroatoms. The van der Waals surface area contributed by atoms with Crippen molar-refractivity contribution in [3.63, 3.8) is 0 Å². The Kier molecular flexibility index (Phi) is 3.87. The van der Waals surface area contributed by atoms with Crippen LogP contribution in [-0.2, 0) is 9.53 Å². The molecule has 2 rings (SSSR count). The molecular formula is C12H13BrFNO3. The average molecular weight is 318 g/mol. The van der Waals surface area contributed by atoms with E-state index in [-0.39, 0.29) is 33.8 Å². The summed E-state index contributed by atoms with van der Waals surface area (Å²) < 4.78 is 19.2. The van der Waals surface area contributed by atoms with Crippen molar-refractivity contribution in [1.29, 1.82) is 0 Å². The Morgan fingerprint density at radius 2 is 2.33 bits per heavy atom. The SMILES string of the molecule is CC1CC(C(=O)Nc2c(O)ccc(Br)c2F)CO1. The van der Waals surface area contributed by atoms with Gasteiger partial charge < -0.3 is 15.2 Å². The van der Waals surface area contributed by atoms with Crippen molar-refractivity contribution in [2.24, 2.45) is 5.92 Å². The highest BCUT2D eigenvalue weighted by molar-refractivity contribution is 9.10. The summed E-state index contributed by atoms with van der Waals surface area (Å²) >= 11 is 3.00. The second-order valence-corrected chi connectivity index (χ2v) is 5.18. The molecule has 0 bridgehead atoms. The summed E-state index contributed by atoms with van der Waals surface area (Å²) in [6.45, 7) is 2.20. The highest BCUT2D eigenvalue weighted by Gasteiger charge is 2.29. The lowest BCUT2D eigenvalue weighted by molar-refractivity contribution is -0.119. The van der Waals surface area contributed by atoms with Crippen molar-refractivity contribution in [3.05, 3.63) is 22.4 Å². The smallest absolute Gasteiger partial charge is 0.230 e. The monoisotopic (exact) mass is 317 g/mol. The Balaban J connectivity index is 2.14. The highest BCUT2D eigenvalue weighted by atomic mass is 79.9. The number of amides is 1. The van der Waals surface area contributed by atoms with Crippen LogP contribution in [0, 0.1) is 11.7 Å². The number of hydrogen-bond acceptors (Lipinski definition) is 3. The first-order chi connectivity index (χ1) is 8.49. The third-order valence-electron chi connectivity index (χ3n) is 2.89. The number of rotatable bonds is 2. The number of hydrogen-bond donors (Lipinski definition) is 2. The van der Waals surface area contributed by atoms with E-state index in [2.05, 4.69) is 21.2 Å². The number of anilines is 1. The van der Waals surface area contributed by atoms with Crippen molar-refractivity contribution in [3.8, 4) is 5.75 Å². The number of phenols is 1. The summed E-state index contributed by atoms with van der Waals surface area (Å²) in [7, 11) is 0. The van der Waals surface area contributed by atoms with Crippen LogP contribution in [-0.4, -0.2) is 23.7 Å². The minimum atomic E-state index is -0.685. The third kappa shape index (κ3) is 2.64. The van der Waals surface area contributed by atoms with Crippen molar-refractivity contribution < 1.29 is 19.0 Å². The number of halogens is 2. The molecule has 2 unspecified atom stereocenters. The standard InChI is InChI=1S/C12H13BrFNO3/c1-6-4-7(5-18-6)12(17)15-11-9(16)3-2-8(13)10(11)14/h2-3,6-7,16H,4-5H2,1H3,(H,15,17). The van der Waals surface area contributed by atoms with Gasteiger partial charge in [0.15, 0.2) is 5.82 Å². The van der Waals surface area contributed by atoms with Gasteiger partial charge in [0.1, 0.15) is 11.4 Å². The van der Waals surface area contributed by atoms with Crippen molar-refractivity contribution in [2.75, 3.05) is 11.9 Å². The van der Waals surface area contributed by atoms with Gasteiger partial charge in [-0.1, -0.05) is 0 Å². The second kappa shape index (κ2) is 5.24. The van der Waals surface area contributed by atoms with Crippen LogP contribution >= 0.6 is 15.9 Å². The largest absolute Gasteiger partial charge is 0.506 e. The summed E-state index contributed by atoms with van der Waals surface area (Å²) in [5.41, 5.74) is -0.200. The molecule has 2 N–H and O–H groups in total. The number of phenolic OH excluding ortho intramolecular Hbond substituents is 1. The van der Waals surface area contributed by atoms with Crippen LogP contribution in [0.3, 0.4) is 0 Å². The summed E-state index contributed by atoms with van der Waals surface area (Å²) in [6, 6.07) is 2.69. The van der Waals surface area contributed by atoms with Crippen LogP contribution in [0.4, 0.5) is 10.1 Å². The zero-order chi connectivity index (χ0) is 13.3. The quantitative estimate of drug-likeness (QED) is 0.824. The van der Waals surface area contributed by atoms with E-state index in [0.29, 0.717) is 13.0 Å². The van der Waals surface area contributed by atoms with Crippen molar-refractivity contribution in [1.82, 2.24) is 0 Å². The van der Waals surface area contributed by atoms with E-state index in [1.54, 1.807) is 0 Å². The van der Waals surface area contributed by atoms with E-state index in [1.807, 2.05) is 6.92 Å². The second-order valence-electron chi connectivity index (χ2n) is 4.32. The lowest BCUT2D eigenvalue weighted by Crippen LogP contribution is -2.23. The predicted octanol–water partition coefficient (Wildman–Crippen LogP) is 2.66. The molecule has 1 heterocycles. The topological polar surface area (TPSA) is 58.6 Å². The molecule has 0 aliphatic carbocycles. The Labute approximate surface area is 112 Å². The maximum Gasteiger partial charge on any atom is 0.230 e. The van der Waals surface area contributed by atoms with E-state index >= 15 is 0 Å². The van der Waals surface area contributed by atoms with Gasteiger partial charge >= 0.3 is 0 Å². The zero-order valence-corrected chi connectivity index (χ0v) is 11.3. The van der Waals surface area contributed by atoms with Gasteiger partial charge in [0.05, 0.1) is 23.1 Å². The third-order valence-corrected chi connectivity index (χ3v) is 3.50. The Bertz CT molecular complexity index is 481. The Morgan fingerprint density at radius 1 is 1.61 bits per heavy atom. The summed E-state index contributed by atoms with van der Waals surface area (Å²) in [4.78, 5) is 11.9. The molecule has 1 aliphatic heterocycles. The minimum absolute atomic E-state index is 0.0294. The molecule has 18 heavy (non-hydrogen) atoms. The lowest BCUT2D eigenvalue weighted by atomic mass is 10.1. The zero-order valence-electron chi connectivity index (χ0n) is 9.74. The first kappa shape index (κ1) is 13.3. The van der Waals surface area contributed by atoms with Gasteiger partial charge in [-0.25, -0.2) is 4.39 Å². The number of aromatic hydroxyl groups is 1. The van der Waals surface area contributed by atoms with Crippen LogP contribution in [0.15, 0.2) is 16.6 Å². The molecule has 4 nitrogen and oxygen atoms in total. The molecule has 1 saturated heterocycles. The molecule has 1 aromatic rings. The van der Waals surface area contributed by atoms with Gasteiger partial charge in [-0.3, -0.25) is 4.79 Å². The molecule has 1 fully saturated rings. The molecule has 0 aromatic heterocycles. The van der Waals surface area contributed by atoms with E-state index in [0.717, 1.165) is 0 Å². The molecule has 98 valence electrons. The number of benzene rings is 1. The molecule has 0 radical (unpaired) electrons. The minimum Gasteiger partial charge on any atom is -0.506 e. The molecule has 2 atom stereocenters. The van der Waals surface area contributed by atoms with E-state index < -0.39 is 5.82 Å². The number of carbonyl (C=O) groups excluding carboxylic acids is 1. The number of carbonyl (C=O) groups is 1. The van der Waals surface area contributed by atoms with Crippen LogP contribution in [0.5, 0.6) is 5.75 Å². The highest BCUT2D eigenvalue weighted by Crippen LogP contribution is 2.32. The fourth-order valence-electron chi connectivity index (χ4n) is 1.88. The van der Waals surface area contributed by atoms with Gasteiger partial charge in [0, 0.05) is 0 Å². The predicted molar refractivity (Wildman–Crippen MR) is 67.9 cm³/mol. The summed E-state index contributed by atoms with van der Waals surface area (Å²) in [5, 5.41) is 12.0. The first-order valence-corrected chi connectivity index (χ1v) is 6.37. The first-order valence-electron chi connectivity index (χ1n) is 5.58. The maximum absolute atomic E-state index is 13.7. The molecule has 1 aliphatic rings. The Morgan fingerprint density at radius 3 is 2.94 bits per heavy atom. The van der Waals surface area contributed by atoms with Gasteiger partial charge in [-0.2, -0.15) is 0 Å². The summed E-state index contributed by atoms with van der Waals surface area (Å²) in [5.74, 6) is -1.63. The van der Waals surface area contributed by atoms with Crippen molar-refractivity contribution in [2.45, 2.75) is 19.4 Å². The van der Waals surface area contributed by atoms with Gasteiger partial charge in [-0.05, 0) is 41.4 Å². The number of nitrogens with one attached hydrogen (secondary N) is 1. The van der Waals surface area contributed by atoms with Gasteiger partial charge in [0.2, 0.25) is 5.91 Å². The average Bonchev–Trinajstić information content (AvgIpc) is 2.76. The molecule has 0 spiro atoms. The van der Waals surface area contributed by atoms with Gasteiger partial charge in [0.25, 0.3) is 0 Å². The number of ether oxygens (including phenoxy) is 1. The van der Waals surface area contributed by atoms with Gasteiger partial charge in [-0.15, -0.1) is 0 Å². The molecule has 1 aromatic carbocycles. The summed E-state index contributed by atoms with van der Waals surface area (Å²) in [6.07, 6.45) is 0.629.